The van der Waals surface area contributed by atoms with Crippen molar-refractivity contribution in [2.45, 2.75) is 49.7 Å². The van der Waals surface area contributed by atoms with Gasteiger partial charge in [0.25, 0.3) is 5.69 Å². The molecule has 0 saturated carbocycles. The third-order valence-corrected chi connectivity index (χ3v) is 7.41. The lowest BCUT2D eigenvalue weighted by molar-refractivity contribution is -0.385. The Hall–Kier alpha value is -2.11. The summed E-state index contributed by atoms with van der Waals surface area (Å²) in [5.74, 6) is 2.49. The zero-order valence-corrected chi connectivity index (χ0v) is 17.7. The lowest BCUT2D eigenvalue weighted by Gasteiger charge is -2.31. The number of likely N-dealkylation sites (tertiary alicyclic amines) is 1. The van der Waals surface area contributed by atoms with Crippen molar-refractivity contribution in [2.75, 3.05) is 38.1 Å². The highest BCUT2D eigenvalue weighted by Crippen LogP contribution is 2.37. The standard InChI is InChI=1S/C20H29N3O4S/c1-5-10-22(11-6-2)20-16(7-3)14-17(23(24)25)15-19(20)28(26,27)18-8-12-21(4)13-9-18/h3,14-15,18H,5-6,8-13H2,1-2,4H3. The molecule has 2 rings (SSSR count). The first-order valence-electron chi connectivity index (χ1n) is 9.72. The van der Waals surface area contributed by atoms with Crippen LogP contribution in [-0.2, 0) is 9.84 Å². The molecule has 1 saturated heterocycles. The number of piperidine rings is 1. The molecular formula is C20H29N3O4S. The summed E-state index contributed by atoms with van der Waals surface area (Å²) >= 11 is 0. The van der Waals surface area contributed by atoms with Gasteiger partial charge in [0.05, 0.1) is 26.3 Å². The minimum Gasteiger partial charge on any atom is -0.369 e. The van der Waals surface area contributed by atoms with Crippen molar-refractivity contribution in [2.24, 2.45) is 0 Å². The summed E-state index contributed by atoms with van der Waals surface area (Å²) < 4.78 is 27.1. The predicted octanol–water partition coefficient (Wildman–Crippen LogP) is 3.07. The number of hydrogen-bond acceptors (Lipinski definition) is 6. The van der Waals surface area contributed by atoms with E-state index < -0.39 is 20.0 Å². The van der Waals surface area contributed by atoms with E-state index in [0.717, 1.165) is 12.8 Å². The number of nitrogens with zero attached hydrogens (tertiary/aromatic N) is 3. The first kappa shape index (κ1) is 22.2. The van der Waals surface area contributed by atoms with Gasteiger partial charge >= 0.3 is 0 Å². The smallest absolute Gasteiger partial charge is 0.272 e. The molecule has 0 spiro atoms. The van der Waals surface area contributed by atoms with Crippen molar-refractivity contribution < 1.29 is 13.3 Å². The van der Waals surface area contributed by atoms with Crippen LogP contribution in [0.25, 0.3) is 0 Å². The number of anilines is 1. The third-order valence-electron chi connectivity index (χ3n) is 5.14. The van der Waals surface area contributed by atoms with Gasteiger partial charge < -0.3 is 9.80 Å². The van der Waals surface area contributed by atoms with Crippen LogP contribution in [-0.4, -0.2) is 56.7 Å². The Balaban J connectivity index is 2.69. The predicted molar refractivity (Wildman–Crippen MR) is 112 cm³/mol. The molecule has 154 valence electrons. The molecule has 7 nitrogen and oxygen atoms in total. The molecule has 0 aromatic heterocycles. The number of nitro benzene ring substituents is 1. The molecular weight excluding hydrogens is 378 g/mol. The summed E-state index contributed by atoms with van der Waals surface area (Å²) in [6, 6.07) is 2.50. The zero-order chi connectivity index (χ0) is 20.9. The Morgan fingerprint density at radius 2 is 1.82 bits per heavy atom. The fraction of sp³-hybridized carbons (Fsp3) is 0.600. The molecule has 1 aromatic carbocycles. The fourth-order valence-corrected chi connectivity index (χ4v) is 5.69. The van der Waals surface area contributed by atoms with Crippen LogP contribution in [0.15, 0.2) is 17.0 Å². The normalized spacial score (nSPS) is 15.9. The second-order valence-electron chi connectivity index (χ2n) is 7.28. The maximum atomic E-state index is 13.5. The van der Waals surface area contributed by atoms with Crippen LogP contribution in [0.1, 0.15) is 45.1 Å². The minimum atomic E-state index is -3.75. The lowest BCUT2D eigenvalue weighted by atomic mass is 10.1. The molecule has 0 radical (unpaired) electrons. The van der Waals surface area contributed by atoms with Crippen molar-refractivity contribution in [1.82, 2.24) is 4.90 Å². The maximum absolute atomic E-state index is 13.5. The molecule has 28 heavy (non-hydrogen) atoms. The van der Waals surface area contributed by atoms with E-state index in [9.17, 15) is 18.5 Å². The number of rotatable bonds is 8. The monoisotopic (exact) mass is 407 g/mol. The van der Waals surface area contributed by atoms with Gasteiger partial charge in [-0.3, -0.25) is 10.1 Å². The van der Waals surface area contributed by atoms with Crippen LogP contribution in [0.5, 0.6) is 0 Å². The average molecular weight is 408 g/mol. The summed E-state index contributed by atoms with van der Waals surface area (Å²) in [6.07, 6.45) is 8.30. The van der Waals surface area contributed by atoms with Crippen LogP contribution in [0, 0.1) is 22.5 Å². The van der Waals surface area contributed by atoms with Gasteiger partial charge in [0.1, 0.15) is 0 Å². The highest BCUT2D eigenvalue weighted by Gasteiger charge is 2.35. The minimum absolute atomic E-state index is 0.00565. The topological polar surface area (TPSA) is 83.8 Å². The van der Waals surface area contributed by atoms with Crippen molar-refractivity contribution in [3.8, 4) is 12.3 Å². The molecule has 0 aliphatic carbocycles. The van der Waals surface area contributed by atoms with Crippen molar-refractivity contribution in [3.63, 3.8) is 0 Å². The summed E-state index contributed by atoms with van der Waals surface area (Å²) in [6.45, 7) is 6.66. The Bertz CT molecular complexity index is 847. The third kappa shape index (κ3) is 4.65. The number of terminal acetylenes is 1. The van der Waals surface area contributed by atoms with E-state index in [4.69, 9.17) is 6.42 Å². The number of nitro groups is 1. The maximum Gasteiger partial charge on any atom is 0.272 e. The number of sulfone groups is 1. The summed E-state index contributed by atoms with van der Waals surface area (Å²) in [4.78, 5) is 14.9. The Morgan fingerprint density at radius 3 is 2.29 bits per heavy atom. The first-order chi connectivity index (χ1) is 13.3. The number of non-ortho nitro benzene ring substituents is 1. The lowest BCUT2D eigenvalue weighted by Crippen LogP contribution is -2.38. The Kier molecular flexibility index (Phi) is 7.44. The molecule has 1 aliphatic rings. The van der Waals surface area contributed by atoms with Gasteiger partial charge in [-0.2, -0.15) is 0 Å². The van der Waals surface area contributed by atoms with Crippen LogP contribution in [0.4, 0.5) is 11.4 Å². The molecule has 1 fully saturated rings. The molecule has 1 aromatic rings. The summed E-state index contributed by atoms with van der Waals surface area (Å²) in [7, 11) is -1.79. The van der Waals surface area contributed by atoms with Gasteiger partial charge in [-0.25, -0.2) is 8.42 Å². The van der Waals surface area contributed by atoms with E-state index in [2.05, 4.69) is 10.8 Å². The highest BCUT2D eigenvalue weighted by atomic mass is 32.2. The van der Waals surface area contributed by atoms with E-state index in [0.29, 0.717) is 44.7 Å². The average Bonchev–Trinajstić information content (AvgIpc) is 2.67. The van der Waals surface area contributed by atoms with Gasteiger partial charge in [-0.15, -0.1) is 6.42 Å². The van der Waals surface area contributed by atoms with E-state index in [1.54, 1.807) is 0 Å². The molecule has 0 N–H and O–H groups in total. The van der Waals surface area contributed by atoms with E-state index in [1.807, 2.05) is 25.8 Å². The number of hydrogen-bond donors (Lipinski definition) is 0. The summed E-state index contributed by atoms with van der Waals surface area (Å²) in [5.41, 5.74) is 0.425. The molecule has 1 aliphatic heterocycles. The van der Waals surface area contributed by atoms with Crippen molar-refractivity contribution >= 4 is 21.2 Å². The largest absolute Gasteiger partial charge is 0.369 e. The van der Waals surface area contributed by atoms with Gasteiger partial charge in [0, 0.05) is 25.2 Å². The van der Waals surface area contributed by atoms with Gasteiger partial charge in [-0.1, -0.05) is 19.8 Å². The summed E-state index contributed by atoms with van der Waals surface area (Å²) in [5, 5.41) is 10.9. The van der Waals surface area contributed by atoms with Crippen LogP contribution >= 0.6 is 0 Å². The van der Waals surface area contributed by atoms with Crippen LogP contribution in [0.3, 0.4) is 0 Å². The highest BCUT2D eigenvalue weighted by molar-refractivity contribution is 7.92. The van der Waals surface area contributed by atoms with Gasteiger partial charge in [-0.05, 0) is 45.8 Å². The Labute approximate surface area is 167 Å². The molecule has 0 amide bonds. The SMILES string of the molecule is C#Cc1cc([N+](=O)[O-])cc(S(=O)(=O)C2CCN(C)CC2)c1N(CCC)CCC. The zero-order valence-electron chi connectivity index (χ0n) is 16.8. The van der Waals surface area contributed by atoms with Crippen molar-refractivity contribution in [1.29, 1.82) is 0 Å². The molecule has 1 heterocycles. The van der Waals surface area contributed by atoms with Crippen molar-refractivity contribution in [3.05, 3.63) is 27.8 Å². The molecule has 8 heteroatoms. The Morgan fingerprint density at radius 1 is 1.25 bits per heavy atom. The quantitative estimate of drug-likeness (QED) is 0.374. The number of benzene rings is 1. The van der Waals surface area contributed by atoms with Crippen LogP contribution < -0.4 is 4.90 Å². The van der Waals surface area contributed by atoms with E-state index in [-0.39, 0.29) is 16.1 Å². The van der Waals surface area contributed by atoms with Crippen LogP contribution in [0.2, 0.25) is 0 Å². The fourth-order valence-electron chi connectivity index (χ4n) is 3.70. The van der Waals surface area contributed by atoms with Gasteiger partial charge in [0.15, 0.2) is 9.84 Å². The van der Waals surface area contributed by atoms with E-state index >= 15 is 0 Å². The molecule has 0 unspecified atom stereocenters. The molecule has 0 bridgehead atoms. The second-order valence-corrected chi connectivity index (χ2v) is 9.47. The van der Waals surface area contributed by atoms with E-state index in [1.165, 1.54) is 12.1 Å². The second kappa shape index (κ2) is 9.39. The molecule has 0 atom stereocenters. The first-order valence-corrected chi connectivity index (χ1v) is 11.3. The van der Waals surface area contributed by atoms with Gasteiger partial charge in [0.2, 0.25) is 0 Å².